The molecule has 4 bridgehead atoms. The molecule has 0 N–H and O–H groups in total. The molecule has 0 amide bonds. The molecule has 4 saturated carbocycles. The number of carbonyl (C=O) groups excluding carboxylic acids is 2. The van der Waals surface area contributed by atoms with E-state index in [4.69, 9.17) is 0 Å². The second-order valence-corrected chi connectivity index (χ2v) is 7.86. The normalized spacial score (nSPS) is 37.0. The second-order valence-electron chi connectivity index (χ2n) is 6.27. The zero-order valence-corrected chi connectivity index (χ0v) is 14.7. The van der Waals surface area contributed by atoms with Crippen molar-refractivity contribution in [1.82, 2.24) is 0 Å². The van der Waals surface area contributed by atoms with Gasteiger partial charge in [0.1, 0.15) is 11.8 Å². The number of halogens is 2. The van der Waals surface area contributed by atoms with E-state index in [2.05, 4.69) is 4.18 Å². The summed E-state index contributed by atoms with van der Waals surface area (Å²) < 4.78 is 54.3. The van der Waals surface area contributed by atoms with Gasteiger partial charge >= 0.3 is 44.9 Å². The minimum absolute atomic E-state index is 0. The Morgan fingerprint density at radius 2 is 1.73 bits per heavy atom. The molecular weight excluding hydrogens is 333 g/mol. The standard InChI is InChI=1S/C12H14F2O6S.Na/c13-12(14,10(16)17)21(18,19)20-11-3-6-1-7(4-11)9(15)8(2-6)5-11;/h6-8H,1-5H2,(H,16,17);/q;+1/p-1. The fourth-order valence-electron chi connectivity index (χ4n) is 4.16. The first-order valence-electron chi connectivity index (χ1n) is 6.64. The summed E-state index contributed by atoms with van der Waals surface area (Å²) in [5.41, 5.74) is -1.37. The first-order valence-corrected chi connectivity index (χ1v) is 8.05. The molecule has 0 heterocycles. The van der Waals surface area contributed by atoms with Gasteiger partial charge in [-0.05, 0) is 38.0 Å². The first kappa shape index (κ1) is 18.3. The van der Waals surface area contributed by atoms with Crippen molar-refractivity contribution in [3.05, 3.63) is 0 Å². The van der Waals surface area contributed by atoms with E-state index in [9.17, 15) is 31.9 Å². The maximum atomic E-state index is 13.2. The van der Waals surface area contributed by atoms with Crippen molar-refractivity contribution >= 4 is 21.9 Å². The van der Waals surface area contributed by atoms with Crippen LogP contribution in [0.5, 0.6) is 0 Å². The number of rotatable bonds is 4. The summed E-state index contributed by atoms with van der Waals surface area (Å²) >= 11 is 0. The molecule has 0 saturated heterocycles. The fourth-order valence-corrected chi connectivity index (χ4v) is 5.14. The van der Waals surface area contributed by atoms with Gasteiger partial charge in [-0.3, -0.25) is 8.98 Å². The minimum atomic E-state index is -5.65. The summed E-state index contributed by atoms with van der Waals surface area (Å²) in [7, 11) is -5.65. The number of alkyl halides is 2. The van der Waals surface area contributed by atoms with Gasteiger partial charge < -0.3 is 9.90 Å². The van der Waals surface area contributed by atoms with Crippen molar-refractivity contribution < 1.29 is 65.6 Å². The smallest absolute Gasteiger partial charge is 0.543 e. The number of carboxylic acid groups (broad SMARTS) is 1. The molecule has 118 valence electrons. The molecule has 0 radical (unpaired) electrons. The van der Waals surface area contributed by atoms with Crippen molar-refractivity contribution in [2.75, 3.05) is 0 Å². The van der Waals surface area contributed by atoms with Crippen LogP contribution in [0.4, 0.5) is 8.78 Å². The van der Waals surface area contributed by atoms with Gasteiger partial charge in [0.15, 0.2) is 0 Å². The number of carbonyl (C=O) groups is 2. The Morgan fingerprint density at radius 3 is 2.18 bits per heavy atom. The molecule has 4 rings (SSSR count). The van der Waals surface area contributed by atoms with E-state index < -0.39 is 26.9 Å². The van der Waals surface area contributed by atoms with E-state index in [0.29, 0.717) is 12.8 Å². The number of aliphatic carboxylic acids is 1. The molecule has 0 spiro atoms. The van der Waals surface area contributed by atoms with Crippen molar-refractivity contribution in [2.45, 2.75) is 43.0 Å². The molecule has 0 aromatic heterocycles. The molecule has 2 atom stereocenters. The molecule has 22 heavy (non-hydrogen) atoms. The predicted molar refractivity (Wildman–Crippen MR) is 61.3 cm³/mol. The van der Waals surface area contributed by atoms with E-state index in [1.807, 2.05) is 0 Å². The SMILES string of the molecule is O=C1C2CC3CC1CC(OS(=O)(=O)C(F)(F)C(=O)[O-])(C3)C2.[Na+]. The van der Waals surface area contributed by atoms with Gasteiger partial charge in [0, 0.05) is 11.8 Å². The molecule has 0 aromatic carbocycles. The zero-order valence-electron chi connectivity index (χ0n) is 11.9. The van der Waals surface area contributed by atoms with Crippen LogP contribution in [0.25, 0.3) is 0 Å². The third-order valence-electron chi connectivity index (χ3n) is 4.78. The van der Waals surface area contributed by atoms with Gasteiger partial charge in [0.25, 0.3) is 0 Å². The Morgan fingerprint density at radius 1 is 1.23 bits per heavy atom. The molecule has 4 aliphatic rings. The van der Waals surface area contributed by atoms with Crippen LogP contribution in [0, 0.1) is 17.8 Å². The van der Waals surface area contributed by atoms with Crippen LogP contribution in [0.2, 0.25) is 0 Å². The van der Waals surface area contributed by atoms with Gasteiger partial charge in [0.2, 0.25) is 0 Å². The van der Waals surface area contributed by atoms with Crippen molar-refractivity contribution in [3.8, 4) is 0 Å². The summed E-state index contributed by atoms with van der Waals surface area (Å²) in [4.78, 5) is 22.3. The second kappa shape index (κ2) is 5.47. The molecule has 4 fully saturated rings. The number of hydrogen-bond donors (Lipinski definition) is 0. The third-order valence-corrected chi connectivity index (χ3v) is 6.14. The summed E-state index contributed by atoms with van der Waals surface area (Å²) in [5.74, 6) is -3.66. The fraction of sp³-hybridized carbons (Fsp3) is 0.833. The molecule has 0 aliphatic heterocycles. The summed E-state index contributed by atoms with van der Waals surface area (Å²) in [6, 6.07) is 0. The molecular formula is C12H13F2NaO6S. The number of hydrogen-bond acceptors (Lipinski definition) is 6. The van der Waals surface area contributed by atoms with Gasteiger partial charge in [-0.25, -0.2) is 0 Å². The summed E-state index contributed by atoms with van der Waals surface area (Å²) in [5, 5.41) is 5.23. The van der Waals surface area contributed by atoms with E-state index >= 15 is 0 Å². The van der Waals surface area contributed by atoms with Crippen molar-refractivity contribution in [3.63, 3.8) is 0 Å². The van der Waals surface area contributed by atoms with E-state index in [1.165, 1.54) is 0 Å². The van der Waals surface area contributed by atoms with Gasteiger partial charge in [0.05, 0.1) is 5.60 Å². The predicted octanol–water partition coefficient (Wildman–Crippen LogP) is -3.17. The number of Topliss-reactive ketones (excluding diaryl/α,β-unsaturated/α-hetero) is 1. The average molecular weight is 346 g/mol. The van der Waals surface area contributed by atoms with Crippen LogP contribution in [-0.2, 0) is 23.9 Å². The maximum Gasteiger partial charge on any atom is 1.00 e. The Hall–Kier alpha value is -0.0900. The number of carboxylic acids is 1. The minimum Gasteiger partial charge on any atom is -0.543 e. The molecule has 6 nitrogen and oxygen atoms in total. The van der Waals surface area contributed by atoms with E-state index in [0.717, 1.165) is 0 Å². The molecule has 10 heteroatoms. The monoisotopic (exact) mass is 346 g/mol. The topological polar surface area (TPSA) is 101 Å². The molecule has 0 aromatic rings. The molecule has 4 aliphatic carbocycles. The summed E-state index contributed by atoms with van der Waals surface area (Å²) in [6.07, 6.45) is 1.62. The Bertz CT molecular complexity index is 601. The summed E-state index contributed by atoms with van der Waals surface area (Å²) in [6.45, 7) is 0. The van der Waals surface area contributed by atoms with Gasteiger partial charge in [-0.2, -0.15) is 17.2 Å². The average Bonchev–Trinajstić information content (AvgIpc) is 2.33. The third kappa shape index (κ3) is 2.64. The Balaban J connectivity index is 0.00000176. The maximum absolute atomic E-state index is 13.2. The first-order chi connectivity index (χ1) is 9.56. The number of ketones is 1. The Labute approximate surface area is 148 Å². The van der Waals surface area contributed by atoms with Crippen LogP contribution in [-0.4, -0.2) is 31.0 Å². The van der Waals surface area contributed by atoms with Crippen molar-refractivity contribution in [2.24, 2.45) is 17.8 Å². The Kier molecular flexibility index (Phi) is 4.54. The van der Waals surface area contributed by atoms with Crippen LogP contribution in [0.3, 0.4) is 0 Å². The zero-order chi connectivity index (χ0) is 15.6. The van der Waals surface area contributed by atoms with Crippen LogP contribution < -0.4 is 34.7 Å². The van der Waals surface area contributed by atoms with E-state index in [1.54, 1.807) is 0 Å². The van der Waals surface area contributed by atoms with Gasteiger partial charge in [-0.1, -0.05) is 0 Å². The van der Waals surface area contributed by atoms with Crippen LogP contribution >= 0.6 is 0 Å². The van der Waals surface area contributed by atoms with Crippen molar-refractivity contribution in [1.29, 1.82) is 0 Å². The van der Waals surface area contributed by atoms with Crippen LogP contribution in [0.1, 0.15) is 32.1 Å². The quantitative estimate of drug-likeness (QED) is 0.393. The van der Waals surface area contributed by atoms with E-state index in [-0.39, 0.29) is 72.4 Å². The van der Waals surface area contributed by atoms with Crippen LogP contribution in [0.15, 0.2) is 0 Å². The molecule has 2 unspecified atom stereocenters. The largest absolute Gasteiger partial charge is 1.00 e. The van der Waals surface area contributed by atoms with Gasteiger partial charge in [-0.15, -0.1) is 0 Å².